The number of methoxy groups -OCH3 is 2. The summed E-state index contributed by atoms with van der Waals surface area (Å²) in [6.07, 6.45) is 2.78. The average Bonchev–Trinajstić information content (AvgIpc) is 3.06. The number of carbonyl (C=O) groups is 1. The van der Waals surface area contributed by atoms with Gasteiger partial charge in [0.1, 0.15) is 0 Å². The van der Waals surface area contributed by atoms with Crippen molar-refractivity contribution >= 4 is 17.7 Å². The maximum atomic E-state index is 12.7. The molecule has 1 amide bonds. The molecular weight excluding hydrogens is 336 g/mol. The number of nitrogens with zero attached hydrogens (tertiary/aromatic N) is 2. The van der Waals surface area contributed by atoms with Crippen LogP contribution in [0.5, 0.6) is 11.5 Å². The van der Waals surface area contributed by atoms with Crippen LogP contribution in [0.1, 0.15) is 18.4 Å². The Hall–Kier alpha value is -1.40. The summed E-state index contributed by atoms with van der Waals surface area (Å²) < 4.78 is 10.6. The summed E-state index contributed by atoms with van der Waals surface area (Å²) >= 11 is 2.05. The van der Waals surface area contributed by atoms with E-state index < -0.39 is 0 Å². The Morgan fingerprint density at radius 1 is 1.16 bits per heavy atom. The maximum Gasteiger partial charge on any atom is 0.227 e. The number of rotatable bonds is 5. The summed E-state index contributed by atoms with van der Waals surface area (Å²) in [5.74, 6) is 4.10. The van der Waals surface area contributed by atoms with Gasteiger partial charge < -0.3 is 14.4 Å². The van der Waals surface area contributed by atoms with Crippen LogP contribution < -0.4 is 9.47 Å². The molecule has 3 rings (SSSR count). The lowest BCUT2D eigenvalue weighted by Gasteiger charge is -2.26. The molecule has 2 heterocycles. The molecule has 2 fully saturated rings. The third kappa shape index (κ3) is 4.61. The first-order chi connectivity index (χ1) is 12.2. The highest BCUT2D eigenvalue weighted by Crippen LogP contribution is 2.28. The van der Waals surface area contributed by atoms with Crippen molar-refractivity contribution in [2.24, 2.45) is 0 Å². The molecule has 2 aliphatic rings. The molecule has 2 aliphatic heterocycles. The summed E-state index contributed by atoms with van der Waals surface area (Å²) in [6.45, 7) is 3.82. The Kier molecular flexibility index (Phi) is 6.48. The van der Waals surface area contributed by atoms with Gasteiger partial charge in [-0.25, -0.2) is 0 Å². The standard InChI is InChI=1S/C19H28N2O3S/c1-23-17-5-4-15(12-18(17)24-2)13-19(22)21-8-3-7-20(9-10-21)16-6-11-25-14-16/h4-5,12,16H,3,6-11,13-14H2,1-2H3. The zero-order valence-electron chi connectivity index (χ0n) is 15.2. The normalized spacial score (nSPS) is 21.8. The Bertz CT molecular complexity index is 590. The molecule has 1 aromatic rings. The van der Waals surface area contributed by atoms with Crippen LogP contribution in [-0.2, 0) is 11.2 Å². The summed E-state index contributed by atoms with van der Waals surface area (Å²) in [4.78, 5) is 17.3. The fourth-order valence-electron chi connectivity index (χ4n) is 3.64. The minimum Gasteiger partial charge on any atom is -0.493 e. The SMILES string of the molecule is COc1ccc(CC(=O)N2CCCN(C3CCSC3)CC2)cc1OC. The fraction of sp³-hybridized carbons (Fsp3) is 0.632. The highest BCUT2D eigenvalue weighted by molar-refractivity contribution is 7.99. The quantitative estimate of drug-likeness (QED) is 0.802. The van der Waals surface area contributed by atoms with Gasteiger partial charge >= 0.3 is 0 Å². The first-order valence-electron chi connectivity index (χ1n) is 9.01. The first kappa shape index (κ1) is 18.4. The molecule has 25 heavy (non-hydrogen) atoms. The second kappa shape index (κ2) is 8.81. The Morgan fingerprint density at radius 2 is 2.00 bits per heavy atom. The van der Waals surface area contributed by atoms with Gasteiger partial charge in [-0.05, 0) is 36.3 Å². The monoisotopic (exact) mass is 364 g/mol. The molecule has 0 N–H and O–H groups in total. The van der Waals surface area contributed by atoms with E-state index in [4.69, 9.17) is 9.47 Å². The van der Waals surface area contributed by atoms with Crippen LogP contribution in [0.3, 0.4) is 0 Å². The van der Waals surface area contributed by atoms with E-state index in [1.54, 1.807) is 14.2 Å². The Balaban J connectivity index is 1.57. The van der Waals surface area contributed by atoms with E-state index in [1.165, 1.54) is 17.9 Å². The lowest BCUT2D eigenvalue weighted by Crippen LogP contribution is -2.40. The van der Waals surface area contributed by atoms with Crippen molar-refractivity contribution < 1.29 is 14.3 Å². The van der Waals surface area contributed by atoms with E-state index in [-0.39, 0.29) is 5.91 Å². The van der Waals surface area contributed by atoms with Gasteiger partial charge in [0.25, 0.3) is 0 Å². The number of hydrogen-bond acceptors (Lipinski definition) is 5. The average molecular weight is 365 g/mol. The molecule has 2 saturated heterocycles. The summed E-state index contributed by atoms with van der Waals surface area (Å²) in [7, 11) is 3.24. The lowest BCUT2D eigenvalue weighted by molar-refractivity contribution is -0.130. The number of hydrogen-bond donors (Lipinski definition) is 0. The third-order valence-electron chi connectivity index (χ3n) is 5.11. The van der Waals surface area contributed by atoms with Gasteiger partial charge in [0.2, 0.25) is 5.91 Å². The molecule has 0 aromatic heterocycles. The molecule has 1 aromatic carbocycles. The minimum absolute atomic E-state index is 0.204. The van der Waals surface area contributed by atoms with Gasteiger partial charge in [0.05, 0.1) is 20.6 Å². The topological polar surface area (TPSA) is 42.0 Å². The number of benzene rings is 1. The molecule has 1 unspecified atom stereocenters. The van der Waals surface area contributed by atoms with Crippen molar-refractivity contribution in [3.05, 3.63) is 23.8 Å². The first-order valence-corrected chi connectivity index (χ1v) is 10.2. The van der Waals surface area contributed by atoms with Gasteiger partial charge in [-0.15, -0.1) is 0 Å². The van der Waals surface area contributed by atoms with E-state index in [9.17, 15) is 4.79 Å². The van der Waals surface area contributed by atoms with Gasteiger partial charge in [-0.1, -0.05) is 6.07 Å². The van der Waals surface area contributed by atoms with E-state index in [0.717, 1.165) is 38.2 Å². The fourth-order valence-corrected chi connectivity index (χ4v) is 4.89. The van der Waals surface area contributed by atoms with Crippen LogP contribution in [0.15, 0.2) is 18.2 Å². The number of amides is 1. The zero-order valence-corrected chi connectivity index (χ0v) is 16.0. The number of carbonyl (C=O) groups excluding carboxylic acids is 1. The smallest absolute Gasteiger partial charge is 0.227 e. The second-order valence-corrected chi connectivity index (χ2v) is 7.80. The van der Waals surface area contributed by atoms with Crippen molar-refractivity contribution in [1.29, 1.82) is 0 Å². The molecule has 6 heteroatoms. The zero-order chi connectivity index (χ0) is 17.6. The summed E-state index contributed by atoms with van der Waals surface area (Å²) in [5.41, 5.74) is 0.968. The molecular formula is C19H28N2O3S. The van der Waals surface area contributed by atoms with E-state index >= 15 is 0 Å². The van der Waals surface area contributed by atoms with E-state index in [0.29, 0.717) is 24.0 Å². The summed E-state index contributed by atoms with van der Waals surface area (Å²) in [6, 6.07) is 6.42. The largest absolute Gasteiger partial charge is 0.493 e. The van der Waals surface area contributed by atoms with Crippen LogP contribution in [0.2, 0.25) is 0 Å². The van der Waals surface area contributed by atoms with Crippen LogP contribution in [0.25, 0.3) is 0 Å². The van der Waals surface area contributed by atoms with Crippen molar-refractivity contribution in [3.8, 4) is 11.5 Å². The van der Waals surface area contributed by atoms with Gasteiger partial charge in [-0.2, -0.15) is 11.8 Å². The van der Waals surface area contributed by atoms with Crippen LogP contribution in [0, 0.1) is 0 Å². The lowest BCUT2D eigenvalue weighted by atomic mass is 10.1. The third-order valence-corrected chi connectivity index (χ3v) is 6.25. The van der Waals surface area contributed by atoms with Crippen LogP contribution in [-0.4, -0.2) is 73.7 Å². The van der Waals surface area contributed by atoms with Crippen LogP contribution in [0.4, 0.5) is 0 Å². The van der Waals surface area contributed by atoms with E-state index in [2.05, 4.69) is 16.7 Å². The molecule has 138 valence electrons. The number of thioether (sulfide) groups is 1. The highest BCUT2D eigenvalue weighted by atomic mass is 32.2. The predicted octanol–water partition coefficient (Wildman–Crippen LogP) is 2.29. The number of ether oxygens (including phenoxy) is 2. The predicted molar refractivity (Wildman–Crippen MR) is 102 cm³/mol. The van der Waals surface area contributed by atoms with Crippen LogP contribution >= 0.6 is 11.8 Å². The second-order valence-electron chi connectivity index (χ2n) is 6.65. The Labute approximate surface area is 154 Å². The van der Waals surface area contributed by atoms with Crippen molar-refractivity contribution in [2.75, 3.05) is 51.9 Å². The van der Waals surface area contributed by atoms with Gasteiger partial charge in [0.15, 0.2) is 11.5 Å². The minimum atomic E-state index is 0.204. The molecule has 0 saturated carbocycles. The molecule has 0 spiro atoms. The van der Waals surface area contributed by atoms with Crippen molar-refractivity contribution in [1.82, 2.24) is 9.80 Å². The maximum absolute atomic E-state index is 12.7. The van der Waals surface area contributed by atoms with Gasteiger partial charge in [-0.3, -0.25) is 9.69 Å². The Morgan fingerprint density at radius 3 is 2.72 bits per heavy atom. The highest BCUT2D eigenvalue weighted by Gasteiger charge is 2.26. The molecule has 5 nitrogen and oxygen atoms in total. The van der Waals surface area contributed by atoms with Gasteiger partial charge in [0, 0.05) is 38.0 Å². The molecule has 1 atom stereocenters. The molecule has 0 aliphatic carbocycles. The van der Waals surface area contributed by atoms with Crippen molar-refractivity contribution in [2.45, 2.75) is 25.3 Å². The molecule has 0 radical (unpaired) electrons. The van der Waals surface area contributed by atoms with E-state index in [1.807, 2.05) is 23.1 Å². The summed E-state index contributed by atoms with van der Waals surface area (Å²) in [5, 5.41) is 0. The van der Waals surface area contributed by atoms with Crippen molar-refractivity contribution in [3.63, 3.8) is 0 Å². The molecule has 0 bridgehead atoms.